The molecular weight excluding hydrogens is 409 g/mol. The lowest BCUT2D eigenvalue weighted by atomic mass is 9.81. The number of hydrogen-bond donors (Lipinski definition) is 0. The molecule has 0 radical (unpaired) electrons. The Morgan fingerprint density at radius 2 is 1.72 bits per heavy atom. The maximum Gasteiger partial charge on any atom is 0.573 e. The largest absolute Gasteiger partial charge is 0.573 e. The Balaban J connectivity index is 1.75. The zero-order valence-corrected chi connectivity index (χ0v) is 16.3. The van der Waals surface area contributed by atoms with Crippen LogP contribution in [0.25, 0.3) is 11.1 Å². The summed E-state index contributed by atoms with van der Waals surface area (Å²) in [5.74, 6) is -0.442. The third-order valence-electron chi connectivity index (χ3n) is 5.42. The van der Waals surface area contributed by atoms with E-state index in [1.807, 2.05) is 0 Å². The first-order valence-electron chi connectivity index (χ1n) is 9.06. The number of hydrogen-bond acceptors (Lipinski definition) is 4. The van der Waals surface area contributed by atoms with Crippen LogP contribution in [-0.2, 0) is 16.6 Å². The van der Waals surface area contributed by atoms with E-state index >= 15 is 0 Å². The highest BCUT2D eigenvalue weighted by atomic mass is 32.2. The van der Waals surface area contributed by atoms with Crippen molar-refractivity contribution in [2.45, 2.75) is 25.2 Å². The van der Waals surface area contributed by atoms with E-state index in [9.17, 15) is 26.4 Å². The molecule has 2 aliphatic rings. The van der Waals surface area contributed by atoms with Crippen LogP contribution in [0.1, 0.15) is 18.0 Å². The van der Waals surface area contributed by atoms with Gasteiger partial charge >= 0.3 is 6.36 Å². The van der Waals surface area contributed by atoms with E-state index in [0.29, 0.717) is 24.2 Å². The fourth-order valence-electron chi connectivity index (χ4n) is 4.32. The van der Waals surface area contributed by atoms with Crippen LogP contribution in [0.3, 0.4) is 0 Å². The monoisotopic (exact) mass is 428 g/mol. The molecule has 3 heterocycles. The number of piperidine rings is 1. The summed E-state index contributed by atoms with van der Waals surface area (Å²) in [5.41, 5.74) is 1.91. The molecule has 0 N–H and O–H groups in total. The molecule has 1 aromatic carbocycles. The minimum absolute atomic E-state index is 0.0477. The van der Waals surface area contributed by atoms with Gasteiger partial charge in [-0.1, -0.05) is 12.1 Å². The number of pyridine rings is 1. The summed E-state index contributed by atoms with van der Waals surface area (Å²) < 4.78 is 68.3. The molecule has 0 saturated carbocycles. The Hall–Kier alpha value is -2.33. The van der Waals surface area contributed by atoms with Gasteiger partial charge in [0, 0.05) is 42.9 Å². The molecule has 2 aliphatic heterocycles. The SMILES string of the molecule is CS(=O)(=O)N1CC2CC(C1)c1c(-c3ccc(OC(F)(F)F)cc3)ccc(=O)n1C2. The maximum absolute atomic E-state index is 12.5. The Labute approximate surface area is 165 Å². The molecule has 0 amide bonds. The number of ether oxygens (including phenoxy) is 1. The van der Waals surface area contributed by atoms with Crippen LogP contribution < -0.4 is 10.3 Å². The van der Waals surface area contributed by atoms with Crippen molar-refractivity contribution in [3.05, 3.63) is 52.4 Å². The number of benzene rings is 1. The molecule has 6 nitrogen and oxygen atoms in total. The second-order valence-electron chi connectivity index (χ2n) is 7.53. The molecule has 1 aromatic heterocycles. The first kappa shape index (κ1) is 20.0. The van der Waals surface area contributed by atoms with E-state index in [0.717, 1.165) is 12.1 Å². The summed E-state index contributed by atoms with van der Waals surface area (Å²) in [6, 6.07) is 8.54. The summed E-state index contributed by atoms with van der Waals surface area (Å²) in [5, 5.41) is 0. The van der Waals surface area contributed by atoms with Gasteiger partial charge in [0.1, 0.15) is 5.75 Å². The lowest BCUT2D eigenvalue weighted by Gasteiger charge is -2.42. The Bertz CT molecular complexity index is 1090. The summed E-state index contributed by atoms with van der Waals surface area (Å²) in [4.78, 5) is 12.5. The predicted molar refractivity (Wildman–Crippen MR) is 100 cm³/mol. The number of aromatic nitrogens is 1. The second kappa shape index (κ2) is 6.88. The van der Waals surface area contributed by atoms with Crippen LogP contribution in [0.2, 0.25) is 0 Å². The van der Waals surface area contributed by atoms with Crippen molar-refractivity contribution in [2.75, 3.05) is 19.3 Å². The molecule has 10 heteroatoms. The van der Waals surface area contributed by atoms with Gasteiger partial charge in [-0.25, -0.2) is 12.7 Å². The Morgan fingerprint density at radius 3 is 2.34 bits per heavy atom. The van der Waals surface area contributed by atoms with E-state index in [4.69, 9.17) is 0 Å². The number of halogens is 3. The third-order valence-corrected chi connectivity index (χ3v) is 6.66. The second-order valence-corrected chi connectivity index (χ2v) is 9.51. The number of fused-ring (bicyclic) bond motifs is 4. The molecule has 0 aliphatic carbocycles. The van der Waals surface area contributed by atoms with Gasteiger partial charge in [-0.05, 0) is 36.1 Å². The van der Waals surface area contributed by atoms with Gasteiger partial charge < -0.3 is 9.30 Å². The highest BCUT2D eigenvalue weighted by molar-refractivity contribution is 7.88. The van der Waals surface area contributed by atoms with Crippen molar-refractivity contribution >= 4 is 10.0 Å². The van der Waals surface area contributed by atoms with Gasteiger partial charge in [0.25, 0.3) is 5.56 Å². The summed E-state index contributed by atoms with van der Waals surface area (Å²) in [6.45, 7) is 1.08. The van der Waals surface area contributed by atoms with E-state index in [1.54, 1.807) is 10.6 Å². The third kappa shape index (κ3) is 4.04. The zero-order valence-electron chi connectivity index (χ0n) is 15.5. The average molecular weight is 428 g/mol. The number of rotatable bonds is 3. The van der Waals surface area contributed by atoms with Crippen LogP contribution in [0, 0.1) is 5.92 Å². The van der Waals surface area contributed by atoms with Crippen molar-refractivity contribution in [3.8, 4) is 16.9 Å². The van der Waals surface area contributed by atoms with E-state index < -0.39 is 16.4 Å². The van der Waals surface area contributed by atoms with Gasteiger partial charge in [0.2, 0.25) is 10.0 Å². The Kier molecular flexibility index (Phi) is 4.73. The standard InChI is InChI=1S/C19H19F3N2O4S/c1-29(26,27)23-9-12-8-14(11-23)18-16(6-7-17(25)24(18)10-12)13-2-4-15(5-3-13)28-19(20,21)22/h2-7,12,14H,8-11H2,1H3. The van der Waals surface area contributed by atoms with Crippen LogP contribution in [-0.4, -0.2) is 43.0 Å². The van der Waals surface area contributed by atoms with Crippen molar-refractivity contribution in [1.82, 2.24) is 8.87 Å². The normalized spacial score (nSPS) is 22.2. The van der Waals surface area contributed by atoms with Gasteiger partial charge in [-0.15, -0.1) is 13.2 Å². The molecule has 29 heavy (non-hydrogen) atoms. The summed E-state index contributed by atoms with van der Waals surface area (Å²) in [7, 11) is -3.36. The van der Waals surface area contributed by atoms with Gasteiger partial charge in [-0.3, -0.25) is 4.79 Å². The smallest absolute Gasteiger partial charge is 0.406 e. The molecule has 0 spiro atoms. The predicted octanol–water partition coefficient (Wildman–Crippen LogP) is 2.79. The minimum Gasteiger partial charge on any atom is -0.406 e. The molecule has 2 bridgehead atoms. The maximum atomic E-state index is 12.5. The van der Waals surface area contributed by atoms with E-state index in [1.165, 1.54) is 40.9 Å². The van der Waals surface area contributed by atoms with Crippen LogP contribution >= 0.6 is 0 Å². The topological polar surface area (TPSA) is 68.6 Å². The quantitative estimate of drug-likeness (QED) is 0.754. The lowest BCUT2D eigenvalue weighted by molar-refractivity contribution is -0.274. The highest BCUT2D eigenvalue weighted by Crippen LogP contribution is 2.40. The lowest BCUT2D eigenvalue weighted by Crippen LogP contribution is -2.49. The molecule has 1 fully saturated rings. The molecule has 2 aromatic rings. The highest BCUT2D eigenvalue weighted by Gasteiger charge is 2.39. The van der Waals surface area contributed by atoms with Crippen molar-refractivity contribution in [3.63, 3.8) is 0 Å². The summed E-state index contributed by atoms with van der Waals surface area (Å²) >= 11 is 0. The van der Waals surface area contributed by atoms with Gasteiger partial charge in [0.15, 0.2) is 0 Å². The molecule has 1 saturated heterocycles. The van der Waals surface area contributed by atoms with Gasteiger partial charge in [0.05, 0.1) is 6.26 Å². The molecule has 2 unspecified atom stereocenters. The van der Waals surface area contributed by atoms with Crippen LogP contribution in [0.5, 0.6) is 5.75 Å². The van der Waals surface area contributed by atoms with Crippen molar-refractivity contribution in [2.24, 2.45) is 5.92 Å². The fraction of sp³-hybridized carbons (Fsp3) is 0.421. The van der Waals surface area contributed by atoms with Crippen molar-refractivity contribution < 1.29 is 26.3 Å². The first-order valence-corrected chi connectivity index (χ1v) is 10.9. The Morgan fingerprint density at radius 1 is 1.03 bits per heavy atom. The van der Waals surface area contributed by atoms with E-state index in [-0.39, 0.29) is 29.7 Å². The molecular formula is C19H19F3N2O4S. The van der Waals surface area contributed by atoms with Crippen molar-refractivity contribution in [1.29, 1.82) is 0 Å². The molecule has 156 valence electrons. The fourth-order valence-corrected chi connectivity index (χ4v) is 5.25. The molecule has 4 rings (SSSR count). The zero-order chi connectivity index (χ0) is 21.0. The average Bonchev–Trinajstić information content (AvgIpc) is 2.61. The number of nitrogens with zero attached hydrogens (tertiary/aromatic N) is 2. The minimum atomic E-state index is -4.77. The molecule has 2 atom stereocenters. The van der Waals surface area contributed by atoms with Gasteiger partial charge in [-0.2, -0.15) is 0 Å². The van der Waals surface area contributed by atoms with Crippen LogP contribution in [0.15, 0.2) is 41.2 Å². The first-order chi connectivity index (χ1) is 13.5. The van der Waals surface area contributed by atoms with E-state index in [2.05, 4.69) is 4.74 Å². The summed E-state index contributed by atoms with van der Waals surface area (Å²) in [6.07, 6.45) is -2.84. The number of alkyl halides is 3. The van der Waals surface area contributed by atoms with Crippen LogP contribution in [0.4, 0.5) is 13.2 Å². The number of sulfonamides is 1.